The van der Waals surface area contributed by atoms with Gasteiger partial charge in [-0.15, -0.1) is 0 Å². The van der Waals surface area contributed by atoms with Gasteiger partial charge in [-0.2, -0.15) is 0 Å². The van der Waals surface area contributed by atoms with Gasteiger partial charge < -0.3 is 10.6 Å². The van der Waals surface area contributed by atoms with Crippen molar-refractivity contribution in [2.45, 2.75) is 45.1 Å². The van der Waals surface area contributed by atoms with Crippen molar-refractivity contribution in [1.82, 2.24) is 5.32 Å². The first-order valence-corrected chi connectivity index (χ1v) is 6.84. The van der Waals surface area contributed by atoms with Gasteiger partial charge in [0.1, 0.15) is 0 Å². The lowest BCUT2D eigenvalue weighted by molar-refractivity contribution is -0.126. The summed E-state index contributed by atoms with van der Waals surface area (Å²) < 4.78 is 0. The summed E-state index contributed by atoms with van der Waals surface area (Å²) in [5.41, 5.74) is 1.66. The normalized spacial score (nSPS) is 17.8. The fourth-order valence-corrected chi connectivity index (χ4v) is 2.44. The van der Waals surface area contributed by atoms with E-state index in [2.05, 4.69) is 24.5 Å². The fraction of sp³-hybridized carbons (Fsp3) is 0.467. The zero-order valence-corrected chi connectivity index (χ0v) is 11.4. The van der Waals surface area contributed by atoms with Gasteiger partial charge in [-0.25, -0.2) is 0 Å². The maximum Gasteiger partial charge on any atom is 0.228 e. The minimum Gasteiger partial charge on any atom is -0.353 e. The molecule has 0 bridgehead atoms. The summed E-state index contributed by atoms with van der Waals surface area (Å²) in [6.07, 6.45) is 2.04. The Balaban J connectivity index is 2.20. The molecular formula is C15H20N2O2. The molecule has 1 aliphatic heterocycles. The summed E-state index contributed by atoms with van der Waals surface area (Å²) in [5.74, 6) is -0.509. The van der Waals surface area contributed by atoms with E-state index < -0.39 is 0 Å². The van der Waals surface area contributed by atoms with Gasteiger partial charge in [0.05, 0.1) is 5.92 Å². The van der Waals surface area contributed by atoms with E-state index in [4.69, 9.17) is 0 Å². The van der Waals surface area contributed by atoms with Crippen LogP contribution in [0.2, 0.25) is 0 Å². The van der Waals surface area contributed by atoms with E-state index in [0.717, 1.165) is 24.1 Å². The van der Waals surface area contributed by atoms with Crippen LogP contribution in [0.5, 0.6) is 0 Å². The maximum absolute atomic E-state index is 12.3. The van der Waals surface area contributed by atoms with Crippen molar-refractivity contribution in [3.05, 3.63) is 29.8 Å². The Labute approximate surface area is 113 Å². The third-order valence-corrected chi connectivity index (χ3v) is 3.65. The molecule has 1 atom stereocenters. The van der Waals surface area contributed by atoms with Crippen molar-refractivity contribution in [2.24, 2.45) is 0 Å². The Morgan fingerprint density at radius 2 is 2.05 bits per heavy atom. The second-order valence-corrected chi connectivity index (χ2v) is 4.91. The molecule has 0 fully saturated rings. The van der Waals surface area contributed by atoms with Crippen LogP contribution in [0.15, 0.2) is 24.3 Å². The molecule has 0 saturated carbocycles. The molecule has 4 heteroatoms. The first-order valence-electron chi connectivity index (χ1n) is 6.84. The van der Waals surface area contributed by atoms with Crippen LogP contribution in [0.25, 0.3) is 0 Å². The Hall–Kier alpha value is -1.84. The zero-order valence-electron chi connectivity index (χ0n) is 11.4. The smallest absolute Gasteiger partial charge is 0.228 e. The van der Waals surface area contributed by atoms with E-state index in [1.165, 1.54) is 0 Å². The molecule has 0 saturated heterocycles. The van der Waals surface area contributed by atoms with Crippen molar-refractivity contribution >= 4 is 17.5 Å². The Bertz CT molecular complexity index is 481. The number of fused-ring (bicyclic) bond motifs is 1. The van der Waals surface area contributed by atoms with E-state index in [0.29, 0.717) is 0 Å². The highest BCUT2D eigenvalue weighted by molar-refractivity contribution is 6.01. The van der Waals surface area contributed by atoms with Gasteiger partial charge in [0.2, 0.25) is 11.8 Å². The molecule has 1 aromatic carbocycles. The third kappa shape index (κ3) is 2.95. The minimum atomic E-state index is -0.370. The molecule has 1 aromatic rings. The van der Waals surface area contributed by atoms with E-state index in [-0.39, 0.29) is 30.2 Å². The predicted molar refractivity (Wildman–Crippen MR) is 74.9 cm³/mol. The number of nitrogens with one attached hydrogen (secondary N) is 2. The topological polar surface area (TPSA) is 58.2 Å². The van der Waals surface area contributed by atoms with Crippen molar-refractivity contribution in [3.8, 4) is 0 Å². The number of para-hydroxylation sites is 1. The molecule has 0 radical (unpaired) electrons. The number of carbonyl (C=O) groups is 2. The first-order chi connectivity index (χ1) is 9.15. The number of hydrogen-bond acceptors (Lipinski definition) is 2. The van der Waals surface area contributed by atoms with Gasteiger partial charge >= 0.3 is 0 Å². The van der Waals surface area contributed by atoms with E-state index in [1.807, 2.05) is 24.3 Å². The Morgan fingerprint density at radius 1 is 1.37 bits per heavy atom. The molecule has 2 rings (SSSR count). The van der Waals surface area contributed by atoms with Crippen LogP contribution < -0.4 is 10.6 Å². The average Bonchev–Trinajstić information content (AvgIpc) is 2.43. The van der Waals surface area contributed by atoms with Crippen molar-refractivity contribution in [1.29, 1.82) is 0 Å². The molecular weight excluding hydrogens is 240 g/mol. The van der Waals surface area contributed by atoms with E-state index in [1.54, 1.807) is 0 Å². The van der Waals surface area contributed by atoms with Crippen LogP contribution >= 0.6 is 0 Å². The molecule has 1 heterocycles. The van der Waals surface area contributed by atoms with Crippen molar-refractivity contribution in [3.63, 3.8) is 0 Å². The average molecular weight is 260 g/mol. The predicted octanol–water partition coefficient (Wildman–Crippen LogP) is 2.42. The molecule has 102 valence electrons. The summed E-state index contributed by atoms with van der Waals surface area (Å²) in [6.45, 7) is 4.10. The second kappa shape index (κ2) is 5.87. The molecule has 19 heavy (non-hydrogen) atoms. The summed E-state index contributed by atoms with van der Waals surface area (Å²) in [6, 6.07) is 7.69. The molecule has 2 N–H and O–H groups in total. The van der Waals surface area contributed by atoms with Crippen LogP contribution in [0.1, 0.15) is 44.6 Å². The van der Waals surface area contributed by atoms with Gasteiger partial charge in [-0.3, -0.25) is 9.59 Å². The Morgan fingerprint density at radius 3 is 2.74 bits per heavy atom. The lowest BCUT2D eigenvalue weighted by atomic mass is 9.89. The van der Waals surface area contributed by atoms with Crippen LogP contribution in [-0.2, 0) is 9.59 Å². The first kappa shape index (κ1) is 13.6. The number of rotatable bonds is 4. The zero-order chi connectivity index (χ0) is 13.8. The second-order valence-electron chi connectivity index (χ2n) is 4.91. The van der Waals surface area contributed by atoms with Crippen LogP contribution in [0.3, 0.4) is 0 Å². The Kier molecular flexibility index (Phi) is 4.20. The summed E-state index contributed by atoms with van der Waals surface area (Å²) in [4.78, 5) is 24.0. The monoisotopic (exact) mass is 260 g/mol. The molecule has 0 aliphatic carbocycles. The summed E-state index contributed by atoms with van der Waals surface area (Å²) in [5, 5.41) is 5.84. The molecule has 2 amide bonds. The van der Waals surface area contributed by atoms with Crippen LogP contribution in [-0.4, -0.2) is 17.9 Å². The number of amides is 2. The summed E-state index contributed by atoms with van der Waals surface area (Å²) in [7, 11) is 0. The van der Waals surface area contributed by atoms with Gasteiger partial charge in [0, 0.05) is 18.2 Å². The van der Waals surface area contributed by atoms with Crippen LogP contribution in [0, 0.1) is 0 Å². The minimum absolute atomic E-state index is 0.0454. The highest BCUT2D eigenvalue weighted by atomic mass is 16.2. The molecule has 0 unspecified atom stereocenters. The third-order valence-electron chi connectivity index (χ3n) is 3.65. The highest BCUT2D eigenvalue weighted by Gasteiger charge is 2.30. The number of anilines is 1. The summed E-state index contributed by atoms with van der Waals surface area (Å²) >= 11 is 0. The van der Waals surface area contributed by atoms with Gasteiger partial charge in [0.25, 0.3) is 0 Å². The van der Waals surface area contributed by atoms with Gasteiger partial charge in [-0.05, 0) is 24.5 Å². The lowest BCUT2D eigenvalue weighted by Gasteiger charge is -2.26. The molecule has 0 aromatic heterocycles. The SMILES string of the molecule is CCC(CC)NC(=O)[C@H]1CC(=O)Nc2ccccc21. The van der Waals surface area contributed by atoms with Crippen molar-refractivity contribution in [2.75, 3.05) is 5.32 Å². The molecule has 4 nitrogen and oxygen atoms in total. The number of hydrogen-bond donors (Lipinski definition) is 2. The largest absolute Gasteiger partial charge is 0.353 e. The molecule has 0 spiro atoms. The van der Waals surface area contributed by atoms with E-state index in [9.17, 15) is 9.59 Å². The maximum atomic E-state index is 12.3. The molecule has 1 aliphatic rings. The number of benzene rings is 1. The quantitative estimate of drug-likeness (QED) is 0.873. The standard InChI is InChI=1S/C15H20N2O2/c1-3-10(4-2)16-15(19)12-9-14(18)17-13-8-6-5-7-11(12)13/h5-8,10,12H,3-4,9H2,1-2H3,(H,16,19)(H,17,18)/t12-/m0/s1. The lowest BCUT2D eigenvalue weighted by Crippen LogP contribution is -2.40. The van der Waals surface area contributed by atoms with E-state index >= 15 is 0 Å². The van der Waals surface area contributed by atoms with Crippen molar-refractivity contribution < 1.29 is 9.59 Å². The highest BCUT2D eigenvalue weighted by Crippen LogP contribution is 2.32. The fourth-order valence-electron chi connectivity index (χ4n) is 2.44. The number of carbonyl (C=O) groups excluding carboxylic acids is 2. The van der Waals surface area contributed by atoms with Gasteiger partial charge in [0.15, 0.2) is 0 Å². The van der Waals surface area contributed by atoms with Gasteiger partial charge in [-0.1, -0.05) is 32.0 Å². The van der Waals surface area contributed by atoms with Crippen LogP contribution in [0.4, 0.5) is 5.69 Å².